The number of amidine groups is 1. The van der Waals surface area contributed by atoms with Gasteiger partial charge >= 0.3 is 11.9 Å². The van der Waals surface area contributed by atoms with Crippen LogP contribution in [0, 0.1) is 18.2 Å². The molecule has 10 nitrogen and oxygen atoms in total. The van der Waals surface area contributed by atoms with Gasteiger partial charge in [-0.25, -0.2) is 27.3 Å². The van der Waals surface area contributed by atoms with Crippen molar-refractivity contribution in [3.05, 3.63) is 63.0 Å². The van der Waals surface area contributed by atoms with E-state index in [4.69, 9.17) is 14.6 Å². The quantitative estimate of drug-likeness (QED) is 0.295. The Kier molecular flexibility index (Phi) is 8.86. The number of aromatic nitrogens is 1. The van der Waals surface area contributed by atoms with Gasteiger partial charge in [-0.15, -0.1) is 11.3 Å². The van der Waals surface area contributed by atoms with Crippen molar-refractivity contribution in [1.82, 2.24) is 20.3 Å². The topological polar surface area (TPSA) is 117 Å². The van der Waals surface area contributed by atoms with Crippen molar-refractivity contribution in [2.24, 2.45) is 10.4 Å². The number of hydroxylamine groups is 2. The van der Waals surface area contributed by atoms with Crippen molar-refractivity contribution in [1.29, 1.82) is 0 Å². The van der Waals surface area contributed by atoms with Gasteiger partial charge in [0.2, 0.25) is 0 Å². The van der Waals surface area contributed by atoms with E-state index in [0.717, 1.165) is 5.06 Å². The molecule has 0 spiro atoms. The number of nitrogens with one attached hydrogen (secondary N) is 1. The Morgan fingerprint density at radius 3 is 2.75 bits per heavy atom. The van der Waals surface area contributed by atoms with Gasteiger partial charge < -0.3 is 15.2 Å². The highest BCUT2D eigenvalue weighted by Gasteiger charge is 2.61. The van der Waals surface area contributed by atoms with Gasteiger partial charge in [-0.3, -0.25) is 19.5 Å². The Morgan fingerprint density at radius 1 is 1.34 bits per heavy atom. The third kappa shape index (κ3) is 5.85. The molecule has 3 aliphatic rings. The van der Waals surface area contributed by atoms with Crippen molar-refractivity contribution in [2.45, 2.75) is 57.9 Å². The summed E-state index contributed by atoms with van der Waals surface area (Å²) in [7, 11) is 0. The third-order valence-corrected chi connectivity index (χ3v) is 9.08. The summed E-state index contributed by atoms with van der Waals surface area (Å²) in [6.45, 7) is 3.77. The molecule has 2 fully saturated rings. The number of ether oxygens (including phenoxy) is 1. The number of thiazole rings is 1. The first-order chi connectivity index (χ1) is 20.8. The van der Waals surface area contributed by atoms with Crippen LogP contribution in [0.4, 0.5) is 17.6 Å². The van der Waals surface area contributed by atoms with Crippen LogP contribution in [0.5, 0.6) is 0 Å². The normalized spacial score (nSPS) is 24.5. The summed E-state index contributed by atoms with van der Waals surface area (Å²) in [4.78, 5) is 41.0. The summed E-state index contributed by atoms with van der Waals surface area (Å²) < 4.78 is 66.3. The molecule has 44 heavy (non-hydrogen) atoms. The number of likely N-dealkylation sites (tertiary alicyclic amines) is 1. The molecular formula is C29H33F4N5O5S. The Balaban J connectivity index is 1.51. The number of nitrogens with zero attached hydrogens (tertiary/aromatic N) is 4. The highest BCUT2D eigenvalue weighted by Crippen LogP contribution is 2.42. The van der Waals surface area contributed by atoms with Crippen LogP contribution in [0.1, 0.15) is 42.9 Å². The minimum absolute atomic E-state index is 0.0277. The monoisotopic (exact) mass is 639 g/mol. The molecule has 0 unspecified atom stereocenters. The molecule has 0 aliphatic carbocycles. The molecule has 0 saturated carbocycles. The second-order valence-electron chi connectivity index (χ2n) is 11.5. The molecular weight excluding hydrogens is 606 g/mol. The molecule has 5 rings (SSSR count). The van der Waals surface area contributed by atoms with Gasteiger partial charge in [0.05, 0.1) is 43.3 Å². The summed E-state index contributed by atoms with van der Waals surface area (Å²) in [5, 5.41) is 15.5. The number of carbonyl (C=O) groups is 2. The van der Waals surface area contributed by atoms with Crippen molar-refractivity contribution in [3.63, 3.8) is 0 Å². The van der Waals surface area contributed by atoms with E-state index in [0.29, 0.717) is 10.6 Å². The Labute approximate surface area is 255 Å². The van der Waals surface area contributed by atoms with E-state index in [1.165, 1.54) is 42.2 Å². The first kappa shape index (κ1) is 32.0. The average molecular weight is 640 g/mol. The van der Waals surface area contributed by atoms with Crippen LogP contribution in [0.2, 0.25) is 0 Å². The van der Waals surface area contributed by atoms with Crippen molar-refractivity contribution in [3.8, 4) is 0 Å². The summed E-state index contributed by atoms with van der Waals surface area (Å²) in [5.41, 5.74) is -0.898. The zero-order chi connectivity index (χ0) is 32.0. The molecule has 1 aromatic heterocycles. The number of carboxylic acid groups (broad SMARTS) is 1. The maximum Gasteiger partial charge on any atom is 0.338 e. The Bertz CT molecular complexity index is 1480. The minimum atomic E-state index is -3.36. The number of carbonyl (C=O) groups excluding carboxylic acids is 1. The number of aliphatic imine (C=N–C) groups is 1. The molecule has 2 N–H and O–H groups in total. The Hall–Kier alpha value is -3.40. The van der Waals surface area contributed by atoms with Crippen LogP contribution in [0.3, 0.4) is 0 Å². The number of esters is 1. The zero-order valence-corrected chi connectivity index (χ0v) is 25.3. The van der Waals surface area contributed by atoms with E-state index in [9.17, 15) is 19.1 Å². The van der Waals surface area contributed by atoms with Crippen LogP contribution in [0.25, 0.3) is 0 Å². The van der Waals surface area contributed by atoms with Crippen LogP contribution >= 0.6 is 11.3 Å². The lowest BCUT2D eigenvalue weighted by atomic mass is 9.87. The molecule has 1 aromatic carbocycles. The predicted molar refractivity (Wildman–Crippen MR) is 152 cm³/mol. The number of carboxylic acids is 1. The lowest BCUT2D eigenvalue weighted by Gasteiger charge is -2.31. The average Bonchev–Trinajstić information content (AvgIpc) is 3.69. The number of fused-ring (bicyclic) bond motifs is 1. The van der Waals surface area contributed by atoms with Crippen molar-refractivity contribution in [2.75, 3.05) is 32.8 Å². The second-order valence-corrected chi connectivity index (χ2v) is 12.4. The minimum Gasteiger partial charge on any atom is -0.481 e. The van der Waals surface area contributed by atoms with Crippen LogP contribution in [-0.2, 0) is 19.2 Å². The van der Waals surface area contributed by atoms with Gasteiger partial charge in [0.15, 0.2) is 10.8 Å². The highest BCUT2D eigenvalue weighted by atomic mass is 32.1. The fourth-order valence-corrected chi connectivity index (χ4v) is 6.23. The standard InChI is InChI=1S/C29H33F4N5O5S/c1-5-42-26(39)21-18(35-24(25-34-9-10-44-25)36-22(21)16-7-6-8-17(30)15(16)2)11-37-14-29(32,33)23-19(37)13-43-38(23)12-20(31)28(3,4)27(40)41/h6-10,19-20,22-23H,5,11-14H2,1-4H3,(H,35,36)(H,40,41)/t19-,20+,22+,23+/m1/s1. The predicted octanol–water partition coefficient (Wildman–Crippen LogP) is 3.88. The number of hydrogen-bond acceptors (Lipinski definition) is 10. The largest absolute Gasteiger partial charge is 0.481 e. The highest BCUT2D eigenvalue weighted by molar-refractivity contribution is 7.11. The molecule has 0 radical (unpaired) electrons. The first-order valence-electron chi connectivity index (χ1n) is 14.0. The van der Waals surface area contributed by atoms with Crippen LogP contribution in [-0.4, -0.2) is 94.9 Å². The van der Waals surface area contributed by atoms with Gasteiger partial charge in [-0.2, -0.15) is 5.06 Å². The van der Waals surface area contributed by atoms with Crippen molar-refractivity contribution < 1.29 is 41.8 Å². The fourth-order valence-electron chi connectivity index (χ4n) is 5.64. The summed E-state index contributed by atoms with van der Waals surface area (Å²) in [6, 6.07) is 0.926. The van der Waals surface area contributed by atoms with E-state index in [2.05, 4.69) is 10.3 Å². The summed E-state index contributed by atoms with van der Waals surface area (Å²) in [6.07, 6.45) is -0.425. The molecule has 2 saturated heterocycles. The smallest absolute Gasteiger partial charge is 0.338 e. The molecule has 0 bridgehead atoms. The van der Waals surface area contributed by atoms with E-state index < -0.39 is 66.5 Å². The van der Waals surface area contributed by atoms with E-state index in [1.54, 1.807) is 31.5 Å². The molecule has 15 heteroatoms. The van der Waals surface area contributed by atoms with Gasteiger partial charge in [0.25, 0.3) is 5.92 Å². The molecule has 238 valence electrons. The number of halogens is 4. The van der Waals surface area contributed by atoms with Gasteiger partial charge in [0, 0.05) is 23.8 Å². The van der Waals surface area contributed by atoms with Crippen LogP contribution in [0.15, 0.2) is 46.0 Å². The number of benzene rings is 1. The van der Waals surface area contributed by atoms with E-state index in [1.807, 2.05) is 0 Å². The number of hydrogen-bond donors (Lipinski definition) is 2. The maximum absolute atomic E-state index is 15.6. The number of aliphatic carboxylic acids is 1. The lowest BCUT2D eigenvalue weighted by molar-refractivity contribution is -0.196. The first-order valence-corrected chi connectivity index (χ1v) is 14.9. The molecule has 4 heterocycles. The van der Waals surface area contributed by atoms with E-state index >= 15 is 13.2 Å². The number of rotatable bonds is 10. The van der Waals surface area contributed by atoms with Crippen molar-refractivity contribution >= 4 is 29.1 Å². The fraction of sp³-hybridized carbons (Fsp3) is 0.517. The van der Waals surface area contributed by atoms with Gasteiger partial charge in [0.1, 0.15) is 24.1 Å². The molecule has 4 atom stereocenters. The number of alkyl halides is 3. The lowest BCUT2D eigenvalue weighted by Crippen LogP contribution is -2.50. The van der Waals surface area contributed by atoms with Crippen LogP contribution < -0.4 is 5.32 Å². The second kappa shape index (κ2) is 12.2. The summed E-state index contributed by atoms with van der Waals surface area (Å²) in [5.74, 6) is -5.73. The van der Waals surface area contributed by atoms with E-state index in [-0.39, 0.29) is 42.4 Å². The Morgan fingerprint density at radius 2 is 2.09 bits per heavy atom. The SMILES string of the molecule is CCOC(=O)C1=C(CN2CC(F)(F)[C@@H]3[C@H]2CON3C[C@H](F)C(C)(C)C(=O)O)NC(c2nccs2)=N[C@H]1c1cccc(F)c1C. The zero-order valence-electron chi connectivity index (χ0n) is 24.5. The third-order valence-electron chi connectivity index (χ3n) is 8.30. The van der Waals surface area contributed by atoms with Gasteiger partial charge in [-0.1, -0.05) is 12.1 Å². The molecule has 3 aliphatic heterocycles. The summed E-state index contributed by atoms with van der Waals surface area (Å²) >= 11 is 1.27. The molecule has 2 aromatic rings. The molecule has 0 amide bonds. The van der Waals surface area contributed by atoms with Gasteiger partial charge in [-0.05, 0) is 44.9 Å². The maximum atomic E-state index is 15.6.